The van der Waals surface area contributed by atoms with Crippen LogP contribution >= 0.6 is 0 Å². The molecule has 0 radical (unpaired) electrons. The maximum atomic E-state index is 11.6. The molecule has 0 atom stereocenters. The average molecular weight is 392 g/mol. The number of benzene rings is 1. The minimum absolute atomic E-state index is 0.0641. The van der Waals surface area contributed by atoms with E-state index in [1.165, 1.54) is 42.0 Å². The van der Waals surface area contributed by atoms with Crippen LogP contribution in [-0.4, -0.2) is 17.1 Å². The number of carbonyl (C=O) groups is 1. The van der Waals surface area contributed by atoms with E-state index in [0.29, 0.717) is 5.92 Å². The molecule has 1 fully saturated rings. The quantitative estimate of drug-likeness (QED) is 0.288. The van der Waals surface area contributed by atoms with Crippen molar-refractivity contribution in [1.29, 1.82) is 0 Å². The number of rotatable bonds is 8. The smallest absolute Gasteiger partial charge is 0.330 e. The van der Waals surface area contributed by atoms with Gasteiger partial charge in [-0.05, 0) is 68.6 Å². The number of aromatic nitrogens is 1. The summed E-state index contributed by atoms with van der Waals surface area (Å²) >= 11 is 0. The van der Waals surface area contributed by atoms with Crippen molar-refractivity contribution in [3.63, 3.8) is 0 Å². The molecule has 1 heterocycles. The van der Waals surface area contributed by atoms with Gasteiger partial charge in [-0.2, -0.15) is 0 Å². The highest BCUT2D eigenvalue weighted by molar-refractivity contribution is 5.81. The van der Waals surface area contributed by atoms with Gasteiger partial charge in [0.15, 0.2) is 0 Å². The van der Waals surface area contributed by atoms with E-state index in [9.17, 15) is 4.79 Å². The number of pyridine rings is 1. The molecule has 1 aromatic heterocycles. The van der Waals surface area contributed by atoms with Gasteiger partial charge < -0.3 is 4.74 Å². The lowest BCUT2D eigenvalue weighted by atomic mass is 9.82. The van der Waals surface area contributed by atoms with Crippen molar-refractivity contribution in [2.45, 2.75) is 77.2 Å². The summed E-state index contributed by atoms with van der Waals surface area (Å²) in [5, 5.41) is 0. The first-order valence-electron chi connectivity index (χ1n) is 11.1. The highest BCUT2D eigenvalue weighted by Gasteiger charge is 2.24. The molecule has 1 saturated carbocycles. The van der Waals surface area contributed by atoms with Gasteiger partial charge in [-0.1, -0.05) is 56.2 Å². The van der Waals surface area contributed by atoms with Crippen LogP contribution in [0.5, 0.6) is 0 Å². The van der Waals surface area contributed by atoms with Crippen molar-refractivity contribution >= 4 is 5.97 Å². The molecular weight excluding hydrogens is 358 g/mol. The van der Waals surface area contributed by atoms with Crippen molar-refractivity contribution in [2.24, 2.45) is 0 Å². The van der Waals surface area contributed by atoms with Crippen molar-refractivity contribution in [3.05, 3.63) is 65.9 Å². The lowest BCUT2D eigenvalue weighted by Crippen LogP contribution is -2.23. The fourth-order valence-electron chi connectivity index (χ4n) is 4.10. The van der Waals surface area contributed by atoms with Crippen LogP contribution in [0.15, 0.2) is 54.7 Å². The summed E-state index contributed by atoms with van der Waals surface area (Å²) in [4.78, 5) is 16.3. The van der Waals surface area contributed by atoms with Gasteiger partial charge in [0.2, 0.25) is 0 Å². The van der Waals surface area contributed by atoms with Crippen molar-refractivity contribution in [1.82, 2.24) is 4.98 Å². The summed E-state index contributed by atoms with van der Waals surface area (Å²) < 4.78 is 5.50. The van der Waals surface area contributed by atoms with E-state index in [0.717, 1.165) is 37.8 Å². The van der Waals surface area contributed by atoms with Crippen molar-refractivity contribution < 1.29 is 9.53 Å². The predicted molar refractivity (Wildman–Crippen MR) is 119 cm³/mol. The van der Waals surface area contributed by atoms with Crippen LogP contribution in [-0.2, 0) is 16.0 Å². The number of esters is 1. The highest BCUT2D eigenvalue weighted by atomic mass is 16.5. The van der Waals surface area contributed by atoms with Crippen LogP contribution in [0.3, 0.4) is 0 Å². The van der Waals surface area contributed by atoms with Crippen LogP contribution < -0.4 is 0 Å². The fourth-order valence-corrected chi connectivity index (χ4v) is 4.10. The molecule has 2 aromatic rings. The van der Waals surface area contributed by atoms with E-state index in [1.54, 1.807) is 6.08 Å². The molecule has 0 unspecified atom stereocenters. The molecule has 1 aliphatic rings. The summed E-state index contributed by atoms with van der Waals surface area (Å²) in [6, 6.07) is 13.2. The Morgan fingerprint density at radius 1 is 1.07 bits per heavy atom. The molecule has 29 heavy (non-hydrogen) atoms. The second kappa shape index (κ2) is 10.9. The monoisotopic (exact) mass is 391 g/mol. The molecule has 0 amide bonds. The van der Waals surface area contributed by atoms with Gasteiger partial charge >= 0.3 is 5.97 Å². The number of hydrogen-bond acceptors (Lipinski definition) is 3. The predicted octanol–water partition coefficient (Wildman–Crippen LogP) is 6.63. The Balaban J connectivity index is 1.53. The number of carbonyl (C=O) groups excluding carboxylic acids is 1. The zero-order chi connectivity index (χ0) is 20.5. The van der Waals surface area contributed by atoms with Crippen LogP contribution in [0.25, 0.3) is 11.3 Å². The van der Waals surface area contributed by atoms with E-state index < -0.39 is 0 Å². The van der Waals surface area contributed by atoms with E-state index in [-0.39, 0.29) is 12.1 Å². The minimum atomic E-state index is -0.218. The lowest BCUT2D eigenvalue weighted by molar-refractivity contribution is -0.144. The third-order valence-electron chi connectivity index (χ3n) is 5.83. The Labute approximate surface area is 175 Å². The number of unbranched alkanes of at least 4 members (excludes halogenated alkanes) is 2. The van der Waals surface area contributed by atoms with E-state index in [4.69, 9.17) is 4.74 Å². The fraction of sp³-hybridized carbons (Fsp3) is 0.462. The molecular formula is C26H33NO2. The zero-order valence-corrected chi connectivity index (χ0v) is 17.8. The number of hydrogen-bond donors (Lipinski definition) is 0. The average Bonchev–Trinajstić information content (AvgIpc) is 2.75. The molecule has 3 nitrogen and oxygen atoms in total. The highest BCUT2D eigenvalue weighted by Crippen LogP contribution is 2.34. The number of allylic oxidation sites excluding steroid dienone is 1. The van der Waals surface area contributed by atoms with E-state index in [2.05, 4.69) is 48.3 Å². The largest absolute Gasteiger partial charge is 0.459 e. The van der Waals surface area contributed by atoms with Crippen LogP contribution in [0, 0.1) is 0 Å². The summed E-state index contributed by atoms with van der Waals surface area (Å²) in [6.45, 7) is 4.07. The molecule has 1 aromatic carbocycles. The SMILES string of the molecule is C/C=C/C(=O)OC1CCC(c2ccc(-c3ccc(CCCCC)cn3)cc2)CC1. The molecule has 0 bridgehead atoms. The third kappa shape index (κ3) is 6.28. The van der Waals surface area contributed by atoms with Crippen molar-refractivity contribution in [3.8, 4) is 11.3 Å². The molecule has 0 saturated heterocycles. The molecule has 0 aliphatic heterocycles. The van der Waals surface area contributed by atoms with E-state index in [1.807, 2.05) is 13.1 Å². The summed E-state index contributed by atoms with van der Waals surface area (Å²) in [5.74, 6) is 0.332. The first-order valence-corrected chi connectivity index (χ1v) is 11.1. The Bertz CT molecular complexity index is 784. The van der Waals surface area contributed by atoms with Gasteiger partial charge in [0.25, 0.3) is 0 Å². The Hall–Kier alpha value is -2.42. The van der Waals surface area contributed by atoms with E-state index >= 15 is 0 Å². The Morgan fingerprint density at radius 2 is 1.83 bits per heavy atom. The van der Waals surface area contributed by atoms with Crippen LogP contribution in [0.1, 0.15) is 75.8 Å². The second-order valence-corrected chi connectivity index (χ2v) is 8.04. The summed E-state index contributed by atoms with van der Waals surface area (Å²) in [7, 11) is 0. The first kappa shape index (κ1) is 21.3. The van der Waals surface area contributed by atoms with Crippen LogP contribution in [0.4, 0.5) is 0 Å². The molecule has 154 valence electrons. The van der Waals surface area contributed by atoms with Gasteiger partial charge in [-0.3, -0.25) is 4.98 Å². The molecule has 3 rings (SSSR count). The maximum Gasteiger partial charge on any atom is 0.330 e. The Kier molecular flexibility index (Phi) is 8.03. The normalized spacial score (nSPS) is 19.4. The van der Waals surface area contributed by atoms with Gasteiger partial charge in [-0.15, -0.1) is 0 Å². The molecule has 0 N–H and O–H groups in total. The lowest BCUT2D eigenvalue weighted by Gasteiger charge is -2.28. The molecule has 0 spiro atoms. The van der Waals surface area contributed by atoms with Gasteiger partial charge in [0, 0.05) is 17.8 Å². The molecule has 3 heteroatoms. The second-order valence-electron chi connectivity index (χ2n) is 8.04. The molecule has 1 aliphatic carbocycles. The number of nitrogens with zero attached hydrogens (tertiary/aromatic N) is 1. The minimum Gasteiger partial charge on any atom is -0.459 e. The standard InChI is InChI=1S/C26H33NO2/c1-3-5-6-8-20-9-18-25(27-19-20)23-12-10-21(11-13-23)22-14-16-24(17-15-22)29-26(28)7-4-2/h4,7,9-13,18-19,22,24H,3,5-6,8,14-17H2,1-2H3/b7-4+. The summed E-state index contributed by atoms with van der Waals surface area (Å²) in [6.07, 6.45) is 14.2. The first-order chi connectivity index (χ1) is 14.2. The maximum absolute atomic E-state index is 11.6. The summed E-state index contributed by atoms with van der Waals surface area (Å²) in [5.41, 5.74) is 4.91. The topological polar surface area (TPSA) is 39.2 Å². The van der Waals surface area contributed by atoms with Gasteiger partial charge in [0.1, 0.15) is 6.10 Å². The van der Waals surface area contributed by atoms with Crippen LogP contribution in [0.2, 0.25) is 0 Å². The number of aryl methyl sites for hydroxylation is 1. The Morgan fingerprint density at radius 3 is 2.45 bits per heavy atom. The third-order valence-corrected chi connectivity index (χ3v) is 5.83. The van der Waals surface area contributed by atoms with Gasteiger partial charge in [-0.25, -0.2) is 4.79 Å². The number of ether oxygens (including phenoxy) is 1. The van der Waals surface area contributed by atoms with Gasteiger partial charge in [0.05, 0.1) is 5.69 Å². The zero-order valence-electron chi connectivity index (χ0n) is 17.8. The van der Waals surface area contributed by atoms with Crippen molar-refractivity contribution in [2.75, 3.05) is 0 Å².